The highest BCUT2D eigenvalue weighted by molar-refractivity contribution is 6.26. The number of methoxy groups -OCH3 is 2. The minimum atomic E-state index is -0.937. The summed E-state index contributed by atoms with van der Waals surface area (Å²) in [7, 11) is 2.21. The van der Waals surface area contributed by atoms with Crippen molar-refractivity contribution < 1.29 is 28.7 Å². The Kier molecular flexibility index (Phi) is 4.44. The minimum Gasteiger partial charge on any atom is -0.464 e. The molecule has 2 heterocycles. The van der Waals surface area contributed by atoms with Crippen LogP contribution in [0.25, 0.3) is 0 Å². The molecule has 1 aliphatic heterocycles. The van der Waals surface area contributed by atoms with Gasteiger partial charge in [0.05, 0.1) is 31.9 Å². The van der Waals surface area contributed by atoms with Crippen LogP contribution < -0.4 is 0 Å². The van der Waals surface area contributed by atoms with Gasteiger partial charge in [-0.2, -0.15) is 0 Å². The van der Waals surface area contributed by atoms with E-state index in [2.05, 4.69) is 19.7 Å². The van der Waals surface area contributed by atoms with E-state index in [9.17, 15) is 19.2 Å². The number of hydrogen-bond acceptors (Lipinski definition) is 8. The molecule has 1 aromatic heterocycles. The molecule has 0 saturated heterocycles. The highest BCUT2D eigenvalue weighted by Gasteiger charge is 2.44. The van der Waals surface area contributed by atoms with E-state index in [-0.39, 0.29) is 17.7 Å². The molecule has 0 spiro atoms. The fourth-order valence-electron chi connectivity index (χ4n) is 2.60. The van der Waals surface area contributed by atoms with Crippen molar-refractivity contribution in [2.24, 2.45) is 0 Å². The van der Waals surface area contributed by atoms with Crippen molar-refractivity contribution in [2.45, 2.75) is 6.54 Å². The molecule has 2 amide bonds. The van der Waals surface area contributed by atoms with Crippen LogP contribution in [0.5, 0.6) is 0 Å². The van der Waals surface area contributed by atoms with Gasteiger partial charge in [-0.3, -0.25) is 14.5 Å². The lowest BCUT2D eigenvalue weighted by Gasteiger charge is -2.13. The largest absolute Gasteiger partial charge is 0.464 e. The van der Waals surface area contributed by atoms with Gasteiger partial charge in [-0.25, -0.2) is 9.59 Å². The third-order valence-electron chi connectivity index (χ3n) is 3.83. The molecule has 0 saturated carbocycles. The van der Waals surface area contributed by atoms with Crippen molar-refractivity contribution in [3.8, 4) is 0 Å². The van der Waals surface area contributed by atoms with E-state index in [0.717, 1.165) is 19.1 Å². The summed E-state index contributed by atoms with van der Waals surface area (Å²) in [6.45, 7) is -0.0333. The number of rotatable bonds is 4. The maximum Gasteiger partial charge on any atom is 0.359 e. The second-order valence-electron chi connectivity index (χ2n) is 5.31. The lowest BCUT2D eigenvalue weighted by Crippen LogP contribution is -2.29. The van der Waals surface area contributed by atoms with Crippen molar-refractivity contribution >= 4 is 23.8 Å². The van der Waals surface area contributed by atoms with E-state index < -0.39 is 35.1 Å². The van der Waals surface area contributed by atoms with Crippen molar-refractivity contribution in [1.29, 1.82) is 0 Å². The maximum atomic E-state index is 12.8. The Labute approximate surface area is 147 Å². The summed E-state index contributed by atoms with van der Waals surface area (Å²) < 4.78 is 9.17. The van der Waals surface area contributed by atoms with Crippen LogP contribution in [-0.2, 0) is 16.0 Å². The van der Waals surface area contributed by atoms with Gasteiger partial charge in [-0.05, 0) is 5.56 Å². The van der Waals surface area contributed by atoms with Crippen LogP contribution in [0.2, 0.25) is 0 Å². The standard InChI is InChI=1S/C17H13N3O6/c1-25-16(23)12-10-11(13(19-18-12)17(24)26-2)15(22)20(14(10)21)8-9-6-4-3-5-7-9/h3-7H,8H2,1-2H3. The predicted octanol–water partition coefficient (Wildman–Crippen LogP) is 0.846. The Bertz CT molecular complexity index is 871. The van der Waals surface area contributed by atoms with E-state index in [1.807, 2.05) is 0 Å². The molecule has 2 aromatic rings. The Hall–Kier alpha value is -3.62. The molecule has 0 unspecified atom stereocenters. The first-order chi connectivity index (χ1) is 12.5. The van der Waals surface area contributed by atoms with Crippen LogP contribution in [0.1, 0.15) is 47.3 Å². The Morgan fingerprint density at radius 1 is 0.885 bits per heavy atom. The third kappa shape index (κ3) is 2.69. The van der Waals surface area contributed by atoms with E-state index in [4.69, 9.17) is 0 Å². The van der Waals surface area contributed by atoms with E-state index in [1.165, 1.54) is 0 Å². The first-order valence-electron chi connectivity index (χ1n) is 7.47. The summed E-state index contributed by atoms with van der Waals surface area (Å²) in [6.07, 6.45) is 0. The zero-order valence-electron chi connectivity index (χ0n) is 13.9. The number of benzene rings is 1. The number of hydrogen-bond donors (Lipinski definition) is 0. The third-order valence-corrected chi connectivity index (χ3v) is 3.83. The molecule has 132 valence electrons. The summed E-state index contributed by atoms with van der Waals surface area (Å²) >= 11 is 0. The average Bonchev–Trinajstić information content (AvgIpc) is 2.92. The summed E-state index contributed by atoms with van der Waals surface area (Å²) in [6, 6.07) is 8.79. The molecule has 9 nitrogen and oxygen atoms in total. The van der Waals surface area contributed by atoms with Gasteiger partial charge in [0, 0.05) is 0 Å². The fraction of sp³-hybridized carbons (Fsp3) is 0.176. The average molecular weight is 355 g/mol. The molecule has 0 N–H and O–H groups in total. The number of fused-ring (bicyclic) bond motifs is 1. The topological polar surface area (TPSA) is 116 Å². The lowest BCUT2D eigenvalue weighted by atomic mass is 10.1. The molecule has 0 bridgehead atoms. The Balaban J connectivity index is 2.13. The van der Waals surface area contributed by atoms with Crippen LogP contribution in [0, 0.1) is 0 Å². The second-order valence-corrected chi connectivity index (χ2v) is 5.31. The molecule has 1 aliphatic rings. The first kappa shape index (κ1) is 17.2. The number of amides is 2. The zero-order chi connectivity index (χ0) is 18.8. The van der Waals surface area contributed by atoms with E-state index in [0.29, 0.717) is 5.56 Å². The van der Waals surface area contributed by atoms with Crippen LogP contribution in [0.4, 0.5) is 0 Å². The number of carbonyl (C=O) groups is 4. The van der Waals surface area contributed by atoms with Crippen LogP contribution in [0.3, 0.4) is 0 Å². The van der Waals surface area contributed by atoms with Gasteiger partial charge >= 0.3 is 11.9 Å². The molecule has 9 heteroatoms. The van der Waals surface area contributed by atoms with Crippen LogP contribution in [-0.4, -0.2) is 53.1 Å². The van der Waals surface area contributed by atoms with Gasteiger partial charge in [0.2, 0.25) is 0 Å². The minimum absolute atomic E-state index is 0.0333. The number of aromatic nitrogens is 2. The summed E-state index contributed by atoms with van der Waals surface area (Å²) in [5, 5.41) is 7.18. The molecule has 0 atom stereocenters. The smallest absolute Gasteiger partial charge is 0.359 e. The fourth-order valence-corrected chi connectivity index (χ4v) is 2.60. The molecule has 3 rings (SSSR count). The Morgan fingerprint density at radius 2 is 1.35 bits per heavy atom. The van der Waals surface area contributed by atoms with Crippen molar-refractivity contribution in [2.75, 3.05) is 14.2 Å². The van der Waals surface area contributed by atoms with Gasteiger partial charge in [0.1, 0.15) is 0 Å². The number of carbonyl (C=O) groups excluding carboxylic acids is 4. The number of esters is 2. The molecule has 0 aliphatic carbocycles. The second kappa shape index (κ2) is 6.71. The van der Waals surface area contributed by atoms with Crippen LogP contribution >= 0.6 is 0 Å². The maximum absolute atomic E-state index is 12.8. The van der Waals surface area contributed by atoms with Gasteiger partial charge in [-0.15, -0.1) is 10.2 Å². The summed E-state index contributed by atoms with van der Waals surface area (Å²) in [4.78, 5) is 50.3. The van der Waals surface area contributed by atoms with Crippen molar-refractivity contribution in [3.05, 3.63) is 58.4 Å². The summed E-state index contributed by atoms with van der Waals surface area (Å²) in [5.74, 6) is -3.38. The first-order valence-corrected chi connectivity index (χ1v) is 7.47. The normalized spacial score (nSPS) is 12.8. The van der Waals surface area contributed by atoms with E-state index in [1.54, 1.807) is 30.3 Å². The van der Waals surface area contributed by atoms with Gasteiger partial charge in [0.25, 0.3) is 11.8 Å². The van der Waals surface area contributed by atoms with Gasteiger partial charge in [0.15, 0.2) is 11.4 Å². The van der Waals surface area contributed by atoms with E-state index >= 15 is 0 Å². The molecular weight excluding hydrogens is 342 g/mol. The summed E-state index contributed by atoms with van der Waals surface area (Å²) in [5.41, 5.74) is -0.781. The van der Waals surface area contributed by atoms with Crippen molar-refractivity contribution in [3.63, 3.8) is 0 Å². The van der Waals surface area contributed by atoms with Gasteiger partial charge < -0.3 is 9.47 Å². The Morgan fingerprint density at radius 3 is 1.77 bits per heavy atom. The SMILES string of the molecule is COC(=O)c1nnc(C(=O)OC)c2c1C(=O)N(Cc1ccccc1)C2=O. The molecular formula is C17H13N3O6. The number of ether oxygens (including phenoxy) is 2. The van der Waals surface area contributed by atoms with Gasteiger partial charge in [-0.1, -0.05) is 30.3 Å². The molecule has 0 radical (unpaired) electrons. The molecule has 1 aromatic carbocycles. The quantitative estimate of drug-likeness (QED) is 0.585. The molecule has 0 fully saturated rings. The predicted molar refractivity (Wildman–Crippen MR) is 85.4 cm³/mol. The highest BCUT2D eigenvalue weighted by atomic mass is 16.5. The number of nitrogens with zero attached hydrogens (tertiary/aromatic N) is 3. The number of imide groups is 1. The van der Waals surface area contributed by atoms with Crippen molar-refractivity contribution in [1.82, 2.24) is 15.1 Å². The zero-order valence-corrected chi connectivity index (χ0v) is 13.9. The monoisotopic (exact) mass is 355 g/mol. The highest BCUT2D eigenvalue weighted by Crippen LogP contribution is 2.29. The van der Waals surface area contributed by atoms with Crippen LogP contribution in [0.15, 0.2) is 30.3 Å². The lowest BCUT2D eigenvalue weighted by molar-refractivity contribution is 0.0570. The molecule has 26 heavy (non-hydrogen) atoms.